The highest BCUT2D eigenvalue weighted by Crippen LogP contribution is 2.25. The predicted octanol–water partition coefficient (Wildman–Crippen LogP) is 2.70. The average Bonchev–Trinajstić information content (AvgIpc) is 2.37. The summed E-state index contributed by atoms with van der Waals surface area (Å²) in [4.78, 5) is 11.5. The van der Waals surface area contributed by atoms with E-state index in [1.54, 1.807) is 19.2 Å². The Labute approximate surface area is 115 Å². The number of hydrogen-bond acceptors (Lipinski definition) is 3. The zero-order valence-corrected chi connectivity index (χ0v) is 12.9. The first-order valence-electron chi connectivity index (χ1n) is 6.23. The third-order valence-electron chi connectivity index (χ3n) is 3.62. The number of carbonyl (C=O) groups excluding carboxylic acids is 1. The zero-order valence-electron chi connectivity index (χ0n) is 12.1. The molecule has 0 fully saturated rings. The van der Waals surface area contributed by atoms with Gasteiger partial charge in [-0.1, -0.05) is 19.1 Å². The topological polar surface area (TPSA) is 54.5 Å². The van der Waals surface area contributed by atoms with E-state index < -0.39 is 15.6 Å². The standard InChI is InChI=1S/C14H21NO3S/c1-6-14(3,4)15(5)19(17,18)13-9-7-8-12(10-13)11(2)16/h7-10H,6H2,1-5H3. The lowest BCUT2D eigenvalue weighted by Crippen LogP contribution is -2.44. The van der Waals surface area contributed by atoms with Crippen molar-refractivity contribution in [2.75, 3.05) is 7.05 Å². The number of ketones is 1. The molecule has 0 radical (unpaired) electrons. The minimum atomic E-state index is -3.58. The summed E-state index contributed by atoms with van der Waals surface area (Å²) in [6, 6.07) is 6.16. The van der Waals surface area contributed by atoms with E-state index in [1.165, 1.54) is 23.4 Å². The molecule has 1 aromatic carbocycles. The van der Waals surface area contributed by atoms with Gasteiger partial charge in [-0.25, -0.2) is 8.42 Å². The lowest BCUT2D eigenvalue weighted by Gasteiger charge is -2.33. The van der Waals surface area contributed by atoms with Crippen molar-refractivity contribution in [3.05, 3.63) is 29.8 Å². The van der Waals surface area contributed by atoms with Crippen molar-refractivity contribution >= 4 is 15.8 Å². The van der Waals surface area contributed by atoms with E-state index in [-0.39, 0.29) is 10.7 Å². The van der Waals surface area contributed by atoms with Gasteiger partial charge in [0.2, 0.25) is 10.0 Å². The number of Topliss-reactive ketones (excluding diaryl/α,β-unsaturated/α-hetero) is 1. The van der Waals surface area contributed by atoms with Gasteiger partial charge in [-0.15, -0.1) is 0 Å². The summed E-state index contributed by atoms with van der Waals surface area (Å²) in [5.41, 5.74) is -0.0609. The molecule has 5 heteroatoms. The van der Waals surface area contributed by atoms with Gasteiger partial charge in [-0.05, 0) is 39.3 Å². The monoisotopic (exact) mass is 283 g/mol. The van der Waals surface area contributed by atoms with Crippen LogP contribution in [0.1, 0.15) is 44.5 Å². The molecular weight excluding hydrogens is 262 g/mol. The van der Waals surface area contributed by atoms with Crippen LogP contribution in [-0.2, 0) is 10.0 Å². The molecule has 0 saturated carbocycles. The molecule has 0 aliphatic carbocycles. The maximum absolute atomic E-state index is 12.5. The molecule has 0 unspecified atom stereocenters. The van der Waals surface area contributed by atoms with Crippen molar-refractivity contribution in [3.63, 3.8) is 0 Å². The maximum atomic E-state index is 12.5. The van der Waals surface area contributed by atoms with Gasteiger partial charge < -0.3 is 0 Å². The zero-order chi connectivity index (χ0) is 14.8. The van der Waals surface area contributed by atoms with E-state index >= 15 is 0 Å². The van der Waals surface area contributed by atoms with E-state index in [1.807, 2.05) is 20.8 Å². The van der Waals surface area contributed by atoms with Crippen LogP contribution >= 0.6 is 0 Å². The smallest absolute Gasteiger partial charge is 0.243 e. The summed E-state index contributed by atoms with van der Waals surface area (Å²) in [7, 11) is -2.01. The number of nitrogens with zero attached hydrogens (tertiary/aromatic N) is 1. The molecule has 0 N–H and O–H groups in total. The summed E-state index contributed by atoms with van der Waals surface area (Å²) < 4.78 is 26.4. The molecule has 0 saturated heterocycles. The van der Waals surface area contributed by atoms with Crippen molar-refractivity contribution in [2.45, 2.75) is 44.6 Å². The minimum Gasteiger partial charge on any atom is -0.295 e. The number of carbonyl (C=O) groups is 1. The fourth-order valence-corrected chi connectivity index (χ4v) is 3.20. The molecule has 0 aromatic heterocycles. The molecule has 0 heterocycles. The quantitative estimate of drug-likeness (QED) is 0.781. The van der Waals surface area contributed by atoms with E-state index in [2.05, 4.69) is 0 Å². The Morgan fingerprint density at radius 1 is 1.32 bits per heavy atom. The van der Waals surface area contributed by atoms with Crippen LogP contribution in [0.25, 0.3) is 0 Å². The molecular formula is C14H21NO3S. The number of hydrogen-bond donors (Lipinski definition) is 0. The van der Waals surface area contributed by atoms with Crippen LogP contribution in [0.2, 0.25) is 0 Å². The first-order valence-corrected chi connectivity index (χ1v) is 7.67. The van der Waals surface area contributed by atoms with Gasteiger partial charge in [0, 0.05) is 18.2 Å². The molecule has 0 atom stereocenters. The van der Waals surface area contributed by atoms with Crippen LogP contribution < -0.4 is 0 Å². The van der Waals surface area contributed by atoms with Crippen LogP contribution in [0.5, 0.6) is 0 Å². The van der Waals surface area contributed by atoms with Gasteiger partial charge in [0.1, 0.15) is 0 Å². The van der Waals surface area contributed by atoms with E-state index in [0.29, 0.717) is 12.0 Å². The first-order chi connectivity index (χ1) is 8.63. The first kappa shape index (κ1) is 15.9. The largest absolute Gasteiger partial charge is 0.295 e. The fraction of sp³-hybridized carbons (Fsp3) is 0.500. The fourth-order valence-electron chi connectivity index (χ4n) is 1.58. The summed E-state index contributed by atoms with van der Waals surface area (Å²) in [5, 5.41) is 0. The van der Waals surface area contributed by atoms with Crippen LogP contribution in [0.15, 0.2) is 29.2 Å². The Balaban J connectivity index is 3.28. The molecule has 0 aliphatic rings. The second-order valence-electron chi connectivity index (χ2n) is 5.22. The van der Waals surface area contributed by atoms with Gasteiger partial charge >= 0.3 is 0 Å². The Morgan fingerprint density at radius 2 is 1.89 bits per heavy atom. The average molecular weight is 283 g/mol. The van der Waals surface area contributed by atoms with Crippen LogP contribution in [0.4, 0.5) is 0 Å². The highest BCUT2D eigenvalue weighted by atomic mass is 32.2. The second-order valence-corrected chi connectivity index (χ2v) is 7.19. The van der Waals surface area contributed by atoms with Crippen LogP contribution in [-0.4, -0.2) is 31.1 Å². The molecule has 0 spiro atoms. The Hall–Kier alpha value is -1.20. The minimum absolute atomic E-state index is 0.144. The molecule has 0 bridgehead atoms. The summed E-state index contributed by atoms with van der Waals surface area (Å²) in [6.45, 7) is 7.11. The lowest BCUT2D eigenvalue weighted by molar-refractivity contribution is 0.101. The number of sulfonamides is 1. The number of benzene rings is 1. The molecule has 1 aromatic rings. The van der Waals surface area contributed by atoms with Crippen molar-refractivity contribution in [1.29, 1.82) is 0 Å². The van der Waals surface area contributed by atoms with Crippen molar-refractivity contribution in [2.24, 2.45) is 0 Å². The Kier molecular flexibility index (Phi) is 4.53. The SMILES string of the molecule is CCC(C)(C)N(C)S(=O)(=O)c1cccc(C(C)=O)c1. The Morgan fingerprint density at radius 3 is 2.37 bits per heavy atom. The Bertz CT molecular complexity index is 576. The normalized spacial score (nSPS) is 12.7. The second kappa shape index (κ2) is 5.43. The summed E-state index contributed by atoms with van der Waals surface area (Å²) in [5.74, 6) is -0.144. The highest BCUT2D eigenvalue weighted by Gasteiger charge is 2.32. The molecule has 1 rings (SSSR count). The summed E-state index contributed by atoms with van der Waals surface area (Å²) >= 11 is 0. The van der Waals surface area contributed by atoms with Gasteiger partial charge in [-0.2, -0.15) is 4.31 Å². The van der Waals surface area contributed by atoms with Crippen molar-refractivity contribution in [1.82, 2.24) is 4.31 Å². The van der Waals surface area contributed by atoms with Gasteiger partial charge in [0.05, 0.1) is 4.90 Å². The van der Waals surface area contributed by atoms with E-state index in [0.717, 1.165) is 0 Å². The van der Waals surface area contributed by atoms with Crippen molar-refractivity contribution in [3.8, 4) is 0 Å². The predicted molar refractivity (Wildman–Crippen MR) is 75.8 cm³/mol. The molecule has 4 nitrogen and oxygen atoms in total. The maximum Gasteiger partial charge on any atom is 0.243 e. The molecule has 106 valence electrons. The lowest BCUT2D eigenvalue weighted by atomic mass is 10.0. The number of rotatable bonds is 5. The van der Waals surface area contributed by atoms with E-state index in [4.69, 9.17) is 0 Å². The molecule has 19 heavy (non-hydrogen) atoms. The van der Waals surface area contributed by atoms with Crippen molar-refractivity contribution < 1.29 is 13.2 Å². The van der Waals surface area contributed by atoms with Gasteiger partial charge in [0.25, 0.3) is 0 Å². The van der Waals surface area contributed by atoms with Gasteiger partial charge in [0.15, 0.2) is 5.78 Å². The highest BCUT2D eigenvalue weighted by molar-refractivity contribution is 7.89. The van der Waals surface area contributed by atoms with Crippen LogP contribution in [0.3, 0.4) is 0 Å². The third-order valence-corrected chi connectivity index (χ3v) is 5.68. The summed E-state index contributed by atoms with van der Waals surface area (Å²) in [6.07, 6.45) is 0.704. The third kappa shape index (κ3) is 3.22. The van der Waals surface area contributed by atoms with Gasteiger partial charge in [-0.3, -0.25) is 4.79 Å². The van der Waals surface area contributed by atoms with Crippen LogP contribution in [0, 0.1) is 0 Å². The van der Waals surface area contributed by atoms with E-state index in [9.17, 15) is 13.2 Å². The molecule has 0 amide bonds. The molecule has 0 aliphatic heterocycles.